The van der Waals surface area contributed by atoms with E-state index in [9.17, 15) is 18.4 Å². The van der Waals surface area contributed by atoms with Crippen LogP contribution in [0.2, 0.25) is 0 Å². The molecule has 1 aliphatic rings. The van der Waals surface area contributed by atoms with E-state index >= 15 is 0 Å². The van der Waals surface area contributed by atoms with Crippen LogP contribution >= 0.6 is 0 Å². The van der Waals surface area contributed by atoms with E-state index in [0.717, 1.165) is 12.8 Å². The molecule has 2 heterocycles. The van der Waals surface area contributed by atoms with Gasteiger partial charge in [0.2, 0.25) is 11.8 Å². The van der Waals surface area contributed by atoms with Crippen LogP contribution in [0.3, 0.4) is 0 Å². The third-order valence-electron chi connectivity index (χ3n) is 4.73. The molecule has 2 N–H and O–H groups in total. The number of carbonyl (C=O) groups is 2. The van der Waals surface area contributed by atoms with Gasteiger partial charge in [-0.2, -0.15) is 8.78 Å². The minimum Gasteiger partial charge on any atom is -0.471 e. The zero-order valence-electron chi connectivity index (χ0n) is 17.2. The van der Waals surface area contributed by atoms with Crippen LogP contribution < -0.4 is 15.4 Å². The van der Waals surface area contributed by atoms with Gasteiger partial charge in [0.05, 0.1) is 6.04 Å². The van der Waals surface area contributed by atoms with Crippen molar-refractivity contribution in [3.63, 3.8) is 0 Å². The molecule has 0 saturated heterocycles. The number of ether oxygens (including phenoxy) is 1. The Labute approximate surface area is 178 Å². The summed E-state index contributed by atoms with van der Waals surface area (Å²) in [5.74, 6) is -3.41. The Bertz CT molecular complexity index is 977. The maximum Gasteiger partial charge on any atom is 0.302 e. The Morgan fingerprint density at radius 2 is 2.03 bits per heavy atom. The fraction of sp³-hybridized carbons (Fsp3) is 0.381. The predicted octanol–water partition coefficient (Wildman–Crippen LogP) is 3.30. The number of rotatable bonds is 9. The number of alkyl halides is 2. The standard InChI is InChI=1S/C21H23F2N5O3/c1-12(2)21(22,23)10-31-18-7-6-15(9-24-18)13(3)27-20(30)16-8-17(26-11-25-16)28-19(29)14-4-5-14/h6-9,11,13-14H,1,4-5,10H2,2-3H3,(H,27,30)(H,25,26,28,29). The van der Waals surface area contributed by atoms with Gasteiger partial charge in [-0.3, -0.25) is 9.59 Å². The van der Waals surface area contributed by atoms with Crippen LogP contribution in [0.5, 0.6) is 5.88 Å². The van der Waals surface area contributed by atoms with Crippen LogP contribution in [0.1, 0.15) is 48.8 Å². The zero-order chi connectivity index (χ0) is 22.6. The second kappa shape index (κ2) is 9.15. The molecule has 2 aromatic heterocycles. The van der Waals surface area contributed by atoms with Crippen molar-refractivity contribution in [1.82, 2.24) is 20.3 Å². The molecule has 1 atom stereocenters. The lowest BCUT2D eigenvalue weighted by molar-refractivity contribution is -0.117. The van der Waals surface area contributed by atoms with E-state index in [1.165, 1.54) is 31.6 Å². The molecule has 164 valence electrons. The van der Waals surface area contributed by atoms with E-state index in [4.69, 9.17) is 4.74 Å². The molecule has 0 bridgehead atoms. The SMILES string of the molecule is C=C(C)C(F)(F)COc1ccc(C(C)NC(=O)c2cc(NC(=O)C3CC3)ncn2)cn1. The summed E-state index contributed by atoms with van der Waals surface area (Å²) in [4.78, 5) is 36.3. The number of hydrogen-bond acceptors (Lipinski definition) is 6. The largest absolute Gasteiger partial charge is 0.471 e. The molecule has 1 aliphatic carbocycles. The lowest BCUT2D eigenvalue weighted by atomic mass is 10.1. The van der Waals surface area contributed by atoms with Crippen molar-refractivity contribution >= 4 is 17.6 Å². The highest BCUT2D eigenvalue weighted by Crippen LogP contribution is 2.30. The summed E-state index contributed by atoms with van der Waals surface area (Å²) in [6.07, 6.45) is 4.35. The van der Waals surface area contributed by atoms with E-state index in [-0.39, 0.29) is 34.8 Å². The number of anilines is 1. The Balaban J connectivity index is 1.57. The number of amides is 2. The summed E-state index contributed by atoms with van der Waals surface area (Å²) in [5.41, 5.74) is 0.451. The van der Waals surface area contributed by atoms with Crippen LogP contribution in [-0.2, 0) is 4.79 Å². The van der Waals surface area contributed by atoms with Crippen LogP contribution in [-0.4, -0.2) is 39.3 Å². The van der Waals surface area contributed by atoms with Crippen molar-refractivity contribution < 1.29 is 23.1 Å². The molecule has 0 aromatic carbocycles. The molecule has 2 amide bonds. The van der Waals surface area contributed by atoms with Gasteiger partial charge in [0, 0.05) is 24.2 Å². The maximum atomic E-state index is 13.6. The number of carbonyl (C=O) groups excluding carboxylic acids is 2. The van der Waals surface area contributed by atoms with Gasteiger partial charge in [-0.05, 0) is 37.8 Å². The van der Waals surface area contributed by atoms with Crippen molar-refractivity contribution in [2.24, 2.45) is 5.92 Å². The highest BCUT2D eigenvalue weighted by molar-refractivity contribution is 5.96. The first kappa shape index (κ1) is 22.3. The maximum absolute atomic E-state index is 13.6. The number of nitrogens with zero attached hydrogens (tertiary/aromatic N) is 3. The lowest BCUT2D eigenvalue weighted by Crippen LogP contribution is -2.28. The molecule has 1 fully saturated rings. The normalized spacial score (nSPS) is 14.5. The van der Waals surface area contributed by atoms with Crippen molar-refractivity contribution in [3.05, 3.63) is 54.1 Å². The summed E-state index contributed by atoms with van der Waals surface area (Å²) < 4.78 is 32.1. The minimum absolute atomic E-state index is 0.0127. The first-order valence-electron chi connectivity index (χ1n) is 9.72. The second-order valence-electron chi connectivity index (χ2n) is 7.45. The van der Waals surface area contributed by atoms with Crippen LogP contribution in [0.4, 0.5) is 14.6 Å². The van der Waals surface area contributed by atoms with Gasteiger partial charge in [-0.1, -0.05) is 12.6 Å². The topological polar surface area (TPSA) is 106 Å². The Morgan fingerprint density at radius 1 is 1.29 bits per heavy atom. The quantitative estimate of drug-likeness (QED) is 0.590. The molecule has 1 saturated carbocycles. The number of aromatic nitrogens is 3. The van der Waals surface area contributed by atoms with Gasteiger partial charge in [0.15, 0.2) is 6.61 Å². The highest BCUT2D eigenvalue weighted by Gasteiger charge is 2.31. The van der Waals surface area contributed by atoms with Gasteiger partial charge >= 0.3 is 5.92 Å². The third-order valence-corrected chi connectivity index (χ3v) is 4.73. The molecule has 10 heteroatoms. The molecular formula is C21H23F2N5O3. The Hall–Kier alpha value is -3.43. The van der Waals surface area contributed by atoms with Crippen molar-refractivity contribution in [2.45, 2.75) is 38.7 Å². The fourth-order valence-corrected chi connectivity index (χ4v) is 2.50. The van der Waals surface area contributed by atoms with E-state index in [1.54, 1.807) is 13.0 Å². The third kappa shape index (κ3) is 6.03. The average Bonchev–Trinajstić information content (AvgIpc) is 3.58. The summed E-state index contributed by atoms with van der Waals surface area (Å²) >= 11 is 0. The van der Waals surface area contributed by atoms with E-state index in [0.29, 0.717) is 5.56 Å². The summed E-state index contributed by atoms with van der Waals surface area (Å²) in [7, 11) is 0. The first-order chi connectivity index (χ1) is 14.7. The van der Waals surface area contributed by atoms with Crippen LogP contribution in [0, 0.1) is 5.92 Å². The van der Waals surface area contributed by atoms with Gasteiger partial charge in [0.25, 0.3) is 5.91 Å². The van der Waals surface area contributed by atoms with E-state index in [2.05, 4.69) is 32.2 Å². The first-order valence-corrected chi connectivity index (χ1v) is 9.72. The molecular weight excluding hydrogens is 408 g/mol. The fourth-order valence-electron chi connectivity index (χ4n) is 2.50. The molecule has 0 spiro atoms. The summed E-state index contributed by atoms with van der Waals surface area (Å²) in [6, 6.07) is 4.03. The number of pyridine rings is 1. The van der Waals surface area contributed by atoms with Gasteiger partial charge in [-0.15, -0.1) is 0 Å². The van der Waals surface area contributed by atoms with Crippen LogP contribution in [0.25, 0.3) is 0 Å². The van der Waals surface area contributed by atoms with Crippen molar-refractivity contribution in [3.8, 4) is 5.88 Å². The predicted molar refractivity (Wildman–Crippen MR) is 109 cm³/mol. The van der Waals surface area contributed by atoms with E-state index in [1.807, 2.05) is 0 Å². The van der Waals surface area contributed by atoms with Gasteiger partial charge in [-0.25, -0.2) is 15.0 Å². The molecule has 3 rings (SSSR count). The molecule has 2 aromatic rings. The van der Waals surface area contributed by atoms with Crippen LogP contribution in [0.15, 0.2) is 42.9 Å². The number of halogens is 2. The summed E-state index contributed by atoms with van der Waals surface area (Å²) in [5, 5.41) is 5.43. The molecule has 8 nitrogen and oxygen atoms in total. The molecule has 0 radical (unpaired) electrons. The highest BCUT2D eigenvalue weighted by atomic mass is 19.3. The smallest absolute Gasteiger partial charge is 0.302 e. The van der Waals surface area contributed by atoms with Gasteiger partial charge < -0.3 is 15.4 Å². The van der Waals surface area contributed by atoms with E-state index < -0.39 is 24.5 Å². The summed E-state index contributed by atoms with van der Waals surface area (Å²) in [6.45, 7) is 5.35. The number of nitrogens with one attached hydrogen (secondary N) is 2. The molecule has 0 aliphatic heterocycles. The number of hydrogen-bond donors (Lipinski definition) is 2. The average molecular weight is 431 g/mol. The monoisotopic (exact) mass is 431 g/mol. The van der Waals surface area contributed by atoms with Crippen molar-refractivity contribution in [2.75, 3.05) is 11.9 Å². The minimum atomic E-state index is -3.14. The molecule has 31 heavy (non-hydrogen) atoms. The lowest BCUT2D eigenvalue weighted by Gasteiger charge is -2.17. The second-order valence-corrected chi connectivity index (χ2v) is 7.45. The zero-order valence-corrected chi connectivity index (χ0v) is 17.2. The Morgan fingerprint density at radius 3 is 2.65 bits per heavy atom. The van der Waals surface area contributed by atoms with Crippen molar-refractivity contribution in [1.29, 1.82) is 0 Å². The Kier molecular flexibility index (Phi) is 6.57. The van der Waals surface area contributed by atoms with Gasteiger partial charge in [0.1, 0.15) is 17.8 Å². The molecule has 1 unspecified atom stereocenters.